The van der Waals surface area contributed by atoms with Crippen LogP contribution in [0.25, 0.3) is 0 Å². The van der Waals surface area contributed by atoms with Gasteiger partial charge in [-0.25, -0.2) is 4.98 Å². The number of aromatic nitrogens is 1. The molecule has 11 heavy (non-hydrogen) atoms. The maximum atomic E-state index is 5.41. The van der Waals surface area contributed by atoms with Crippen molar-refractivity contribution < 1.29 is 9.47 Å². The first-order valence-electron chi connectivity index (χ1n) is 3.11. The van der Waals surface area contributed by atoms with Crippen LogP contribution < -0.4 is 15.2 Å². The van der Waals surface area contributed by atoms with Crippen molar-refractivity contribution >= 4 is 5.82 Å². The smallest absolute Gasteiger partial charge is 0.179 e. The minimum Gasteiger partial charge on any atom is -0.493 e. The van der Waals surface area contributed by atoms with Gasteiger partial charge in [-0.3, -0.25) is 0 Å². The molecular formula is C7H10N2O2. The van der Waals surface area contributed by atoms with E-state index in [4.69, 9.17) is 15.2 Å². The van der Waals surface area contributed by atoms with E-state index in [1.54, 1.807) is 20.3 Å². The molecule has 0 atom stereocenters. The van der Waals surface area contributed by atoms with Crippen molar-refractivity contribution in [1.29, 1.82) is 0 Å². The molecule has 0 fully saturated rings. The summed E-state index contributed by atoms with van der Waals surface area (Å²) in [6.07, 6.45) is 1.52. The second kappa shape index (κ2) is 3.09. The summed E-state index contributed by atoms with van der Waals surface area (Å²) in [5, 5.41) is 0. The third kappa shape index (κ3) is 1.52. The molecule has 1 heterocycles. The van der Waals surface area contributed by atoms with E-state index in [1.807, 2.05) is 0 Å². The molecule has 60 valence electrons. The minimum atomic E-state index is 0.419. The number of hydrogen-bond acceptors (Lipinski definition) is 4. The Balaban J connectivity index is 3.06. The molecule has 4 nitrogen and oxygen atoms in total. The van der Waals surface area contributed by atoms with E-state index in [2.05, 4.69) is 4.98 Å². The summed E-state index contributed by atoms with van der Waals surface area (Å²) >= 11 is 0. The lowest BCUT2D eigenvalue weighted by molar-refractivity contribution is 0.353. The summed E-state index contributed by atoms with van der Waals surface area (Å²) in [4.78, 5) is 3.83. The first kappa shape index (κ1) is 7.65. The van der Waals surface area contributed by atoms with Gasteiger partial charge in [-0.1, -0.05) is 0 Å². The summed E-state index contributed by atoms with van der Waals surface area (Å²) in [6.45, 7) is 0. The van der Waals surface area contributed by atoms with Crippen molar-refractivity contribution in [2.45, 2.75) is 0 Å². The molecule has 0 amide bonds. The van der Waals surface area contributed by atoms with Gasteiger partial charge < -0.3 is 15.2 Å². The molecular weight excluding hydrogens is 144 g/mol. The summed E-state index contributed by atoms with van der Waals surface area (Å²) in [6, 6.07) is 1.61. The molecule has 2 N–H and O–H groups in total. The molecule has 0 aliphatic rings. The fraction of sp³-hybridized carbons (Fsp3) is 0.286. The van der Waals surface area contributed by atoms with Crippen molar-refractivity contribution in [1.82, 2.24) is 4.98 Å². The topological polar surface area (TPSA) is 57.4 Å². The van der Waals surface area contributed by atoms with Gasteiger partial charge in [-0.2, -0.15) is 0 Å². The van der Waals surface area contributed by atoms with Crippen LogP contribution in [0.1, 0.15) is 0 Å². The standard InChI is InChI=1S/C7H10N2O2/c1-10-5-3-7(8)9-4-6(5)11-2/h3-4H,1-2H3,(H2,8,9). The molecule has 1 aromatic heterocycles. The first-order valence-corrected chi connectivity index (χ1v) is 3.11. The van der Waals surface area contributed by atoms with Crippen LogP contribution in [0.15, 0.2) is 12.3 Å². The Morgan fingerprint density at radius 1 is 1.27 bits per heavy atom. The number of ether oxygens (including phenoxy) is 2. The number of pyridine rings is 1. The third-order valence-corrected chi connectivity index (χ3v) is 1.29. The molecule has 0 saturated heterocycles. The highest BCUT2D eigenvalue weighted by atomic mass is 16.5. The third-order valence-electron chi connectivity index (χ3n) is 1.29. The first-order chi connectivity index (χ1) is 5.27. The molecule has 1 rings (SSSR count). The highest BCUT2D eigenvalue weighted by Crippen LogP contribution is 2.26. The Kier molecular flexibility index (Phi) is 2.15. The summed E-state index contributed by atoms with van der Waals surface area (Å²) in [7, 11) is 3.10. The largest absolute Gasteiger partial charge is 0.493 e. The van der Waals surface area contributed by atoms with Gasteiger partial charge in [-0.05, 0) is 0 Å². The quantitative estimate of drug-likeness (QED) is 0.680. The lowest BCUT2D eigenvalue weighted by Crippen LogP contribution is -1.95. The van der Waals surface area contributed by atoms with E-state index < -0.39 is 0 Å². The Hall–Kier alpha value is -1.45. The Morgan fingerprint density at radius 2 is 1.91 bits per heavy atom. The van der Waals surface area contributed by atoms with Crippen LogP contribution in [0.4, 0.5) is 5.82 Å². The number of nitrogen functional groups attached to an aromatic ring is 1. The number of hydrogen-bond donors (Lipinski definition) is 1. The zero-order chi connectivity index (χ0) is 8.27. The zero-order valence-corrected chi connectivity index (χ0v) is 6.50. The monoisotopic (exact) mass is 154 g/mol. The summed E-state index contributed by atoms with van der Waals surface area (Å²) in [5.41, 5.74) is 5.41. The lowest BCUT2D eigenvalue weighted by Gasteiger charge is -2.05. The van der Waals surface area contributed by atoms with Crippen LogP contribution in [-0.2, 0) is 0 Å². The lowest BCUT2D eigenvalue weighted by atomic mass is 10.4. The average Bonchev–Trinajstić information content (AvgIpc) is 2.04. The van der Waals surface area contributed by atoms with Crippen LogP contribution in [-0.4, -0.2) is 19.2 Å². The normalized spacial score (nSPS) is 9.27. The maximum Gasteiger partial charge on any atom is 0.179 e. The van der Waals surface area contributed by atoms with Crippen molar-refractivity contribution in [2.75, 3.05) is 20.0 Å². The maximum absolute atomic E-state index is 5.41. The van der Waals surface area contributed by atoms with E-state index in [0.29, 0.717) is 17.3 Å². The predicted molar refractivity (Wildman–Crippen MR) is 41.8 cm³/mol. The van der Waals surface area contributed by atoms with Crippen LogP contribution >= 0.6 is 0 Å². The second-order valence-corrected chi connectivity index (χ2v) is 1.96. The molecule has 0 bridgehead atoms. The SMILES string of the molecule is COc1cnc(N)cc1OC. The minimum absolute atomic E-state index is 0.419. The molecule has 1 aromatic rings. The van der Waals surface area contributed by atoms with Crippen LogP contribution in [0.2, 0.25) is 0 Å². The van der Waals surface area contributed by atoms with Gasteiger partial charge in [0.2, 0.25) is 0 Å². The van der Waals surface area contributed by atoms with E-state index in [1.165, 1.54) is 6.20 Å². The fourth-order valence-electron chi connectivity index (χ4n) is 0.752. The Bertz CT molecular complexity index is 250. The molecule has 0 saturated carbocycles. The zero-order valence-electron chi connectivity index (χ0n) is 6.50. The molecule has 0 aliphatic carbocycles. The van der Waals surface area contributed by atoms with Gasteiger partial charge in [0.05, 0.1) is 20.4 Å². The fourth-order valence-corrected chi connectivity index (χ4v) is 0.752. The van der Waals surface area contributed by atoms with Crippen molar-refractivity contribution in [3.05, 3.63) is 12.3 Å². The number of nitrogens with two attached hydrogens (primary N) is 1. The summed E-state index contributed by atoms with van der Waals surface area (Å²) < 4.78 is 9.92. The van der Waals surface area contributed by atoms with E-state index in [9.17, 15) is 0 Å². The Morgan fingerprint density at radius 3 is 2.45 bits per heavy atom. The van der Waals surface area contributed by atoms with Crippen LogP contribution in [0.5, 0.6) is 11.5 Å². The number of nitrogens with zero attached hydrogens (tertiary/aromatic N) is 1. The molecule has 0 spiro atoms. The average molecular weight is 154 g/mol. The van der Waals surface area contributed by atoms with E-state index in [-0.39, 0.29) is 0 Å². The van der Waals surface area contributed by atoms with Crippen molar-refractivity contribution in [3.63, 3.8) is 0 Å². The Labute approximate surface area is 64.9 Å². The van der Waals surface area contributed by atoms with E-state index in [0.717, 1.165) is 0 Å². The van der Waals surface area contributed by atoms with Crippen molar-refractivity contribution in [2.24, 2.45) is 0 Å². The molecule has 0 unspecified atom stereocenters. The van der Waals surface area contributed by atoms with Gasteiger partial charge in [0.1, 0.15) is 5.82 Å². The van der Waals surface area contributed by atoms with Gasteiger partial charge in [0, 0.05) is 6.07 Å². The predicted octanol–water partition coefficient (Wildman–Crippen LogP) is 0.681. The molecule has 4 heteroatoms. The molecule has 0 aliphatic heterocycles. The number of methoxy groups -OCH3 is 2. The van der Waals surface area contributed by atoms with E-state index >= 15 is 0 Å². The summed E-state index contributed by atoms with van der Waals surface area (Å²) in [5.74, 6) is 1.60. The molecule has 0 radical (unpaired) electrons. The second-order valence-electron chi connectivity index (χ2n) is 1.96. The van der Waals surface area contributed by atoms with Gasteiger partial charge in [0.25, 0.3) is 0 Å². The number of rotatable bonds is 2. The van der Waals surface area contributed by atoms with Crippen LogP contribution in [0.3, 0.4) is 0 Å². The van der Waals surface area contributed by atoms with Crippen LogP contribution in [0, 0.1) is 0 Å². The number of anilines is 1. The van der Waals surface area contributed by atoms with Crippen molar-refractivity contribution in [3.8, 4) is 11.5 Å². The van der Waals surface area contributed by atoms with Gasteiger partial charge in [0.15, 0.2) is 11.5 Å². The molecule has 0 aromatic carbocycles. The van der Waals surface area contributed by atoms with Gasteiger partial charge >= 0.3 is 0 Å². The van der Waals surface area contributed by atoms with Gasteiger partial charge in [-0.15, -0.1) is 0 Å². The highest BCUT2D eigenvalue weighted by molar-refractivity contribution is 5.45. The highest BCUT2D eigenvalue weighted by Gasteiger charge is 2.02.